The Morgan fingerprint density at radius 3 is 2.81 bits per heavy atom. The van der Waals surface area contributed by atoms with Crippen molar-refractivity contribution in [3.63, 3.8) is 0 Å². The van der Waals surface area contributed by atoms with Crippen molar-refractivity contribution in [3.05, 3.63) is 70.3 Å². The molecule has 6 aliphatic rings. The fourth-order valence-corrected chi connectivity index (χ4v) is 11.6. The van der Waals surface area contributed by atoms with Crippen molar-refractivity contribution in [1.29, 1.82) is 0 Å². The Kier molecular flexibility index (Phi) is 9.96. The third kappa shape index (κ3) is 6.92. The van der Waals surface area contributed by atoms with Crippen molar-refractivity contribution in [2.24, 2.45) is 17.8 Å². The minimum Gasteiger partial charge on any atom is -0.490 e. The summed E-state index contributed by atoms with van der Waals surface area (Å²) in [6, 6.07) is 12.2. The summed E-state index contributed by atoms with van der Waals surface area (Å²) >= 11 is 6.50. The molecule has 8 atom stereocenters. The third-order valence-electron chi connectivity index (χ3n) is 13.4. The van der Waals surface area contributed by atoms with Gasteiger partial charge in [-0.05, 0) is 111 Å². The fourth-order valence-electron chi connectivity index (χ4n) is 9.95. The Balaban J connectivity index is 1.17. The number of β-amino-alcohol motifs (C(OH)–C–C–N with tert-alkyl or cyclic N) is 1. The number of hydrogen-bond donors (Lipinski definition) is 2. The smallest absolute Gasteiger partial charge is 0.262 e. The van der Waals surface area contributed by atoms with E-state index in [4.69, 9.17) is 21.1 Å². The van der Waals surface area contributed by atoms with Crippen molar-refractivity contribution in [2.75, 3.05) is 70.5 Å². The van der Waals surface area contributed by atoms with Crippen LogP contribution in [0.3, 0.4) is 0 Å². The van der Waals surface area contributed by atoms with Crippen LogP contribution in [-0.2, 0) is 26.3 Å². The standard InChI is InChI=1S/C41H55ClN4O5S/c1-28-6-4-15-41(48,26-44-16-17-45-18-19-50-24-34(45)23-44)36-11-8-32(36)22-46-25-40(14-5-7-30-20-33(42)10-12-35(30)40)27-51-38-13-9-31(21-37(38)46)39(47)43-52(3,49)29(28)2/h4,9-10,12-13,15,20-21,28-29,32,34,36,48H,3,5-8,11,14,16-19,22-27H2,1-2H3,(H,43,47,49)/b15-4+/t28-,29+,32-,34-,36+,40-,41+,52?/m0/s1. The molecule has 52 heavy (non-hydrogen) atoms. The highest BCUT2D eigenvalue weighted by atomic mass is 35.5. The Morgan fingerprint density at radius 1 is 1.12 bits per heavy atom. The van der Waals surface area contributed by atoms with E-state index in [1.54, 1.807) is 6.07 Å². The number of piperazine rings is 1. The molecule has 2 aromatic carbocycles. The number of fused-ring (bicyclic) bond motifs is 5. The van der Waals surface area contributed by atoms with Gasteiger partial charge in [0.05, 0.1) is 40.8 Å². The van der Waals surface area contributed by atoms with Gasteiger partial charge < -0.3 is 19.5 Å². The van der Waals surface area contributed by atoms with Gasteiger partial charge in [-0.15, -0.1) is 0 Å². The summed E-state index contributed by atoms with van der Waals surface area (Å²) in [5, 5.41) is 13.3. The van der Waals surface area contributed by atoms with Crippen LogP contribution in [0.4, 0.5) is 5.69 Å². The number of nitrogens with one attached hydrogen (secondary N) is 1. The second-order valence-corrected chi connectivity index (χ2v) is 19.5. The van der Waals surface area contributed by atoms with Crippen LogP contribution in [-0.4, -0.2) is 113 Å². The van der Waals surface area contributed by atoms with Gasteiger partial charge in [-0.2, -0.15) is 0 Å². The molecule has 0 radical (unpaired) electrons. The van der Waals surface area contributed by atoms with Crippen LogP contribution in [0.15, 0.2) is 48.6 Å². The summed E-state index contributed by atoms with van der Waals surface area (Å²) in [5.41, 5.74) is 2.59. The highest BCUT2D eigenvalue weighted by Gasteiger charge is 2.49. The van der Waals surface area contributed by atoms with E-state index in [1.807, 2.05) is 32.0 Å². The van der Waals surface area contributed by atoms with Crippen molar-refractivity contribution < 1.29 is 23.6 Å². The first kappa shape index (κ1) is 36.4. The number of allylic oxidation sites excluding steroid dienone is 1. The number of morpholine rings is 1. The van der Waals surface area contributed by atoms with Crippen LogP contribution in [0, 0.1) is 17.8 Å². The van der Waals surface area contributed by atoms with E-state index in [2.05, 4.69) is 49.6 Å². The summed E-state index contributed by atoms with van der Waals surface area (Å²) in [5.74, 6) is 4.67. The first-order valence-corrected chi connectivity index (χ1v) is 21.5. The second-order valence-electron chi connectivity index (χ2n) is 16.7. The van der Waals surface area contributed by atoms with E-state index in [9.17, 15) is 14.1 Å². The monoisotopic (exact) mass is 750 g/mol. The maximum absolute atomic E-state index is 14.0. The summed E-state index contributed by atoms with van der Waals surface area (Å²) in [7, 11) is -2.98. The summed E-state index contributed by atoms with van der Waals surface area (Å²) < 4.78 is 29.4. The Bertz CT molecular complexity index is 1820. The molecular formula is C41H55ClN4O5S. The Morgan fingerprint density at radius 2 is 1.98 bits per heavy atom. The van der Waals surface area contributed by atoms with Crippen LogP contribution >= 0.6 is 11.6 Å². The Labute approximate surface area is 314 Å². The zero-order chi connectivity index (χ0) is 36.3. The van der Waals surface area contributed by atoms with E-state index in [0.717, 1.165) is 101 Å². The molecule has 4 aliphatic heterocycles. The van der Waals surface area contributed by atoms with Gasteiger partial charge in [-0.25, -0.2) is 4.21 Å². The predicted molar refractivity (Wildman–Crippen MR) is 209 cm³/mol. The molecule has 1 saturated carbocycles. The minimum absolute atomic E-state index is 0.0285. The maximum Gasteiger partial charge on any atom is 0.262 e. The molecule has 282 valence electrons. The molecule has 1 unspecified atom stereocenters. The number of benzene rings is 2. The molecule has 1 amide bonds. The molecule has 1 spiro atoms. The highest BCUT2D eigenvalue weighted by Crippen LogP contribution is 2.48. The number of rotatable bonds is 2. The number of aliphatic hydroxyl groups is 1. The lowest BCUT2D eigenvalue weighted by Crippen LogP contribution is -2.62. The number of nitrogens with zero attached hydrogens (tertiary/aromatic N) is 3. The quantitative estimate of drug-likeness (QED) is 0.330. The normalized spacial score (nSPS) is 37.7. The van der Waals surface area contributed by atoms with E-state index in [1.165, 1.54) is 11.1 Å². The molecule has 2 N–H and O–H groups in total. The van der Waals surface area contributed by atoms with E-state index < -0.39 is 15.3 Å². The number of hydrogen-bond acceptors (Lipinski definition) is 8. The van der Waals surface area contributed by atoms with Gasteiger partial charge in [0.25, 0.3) is 5.91 Å². The number of amides is 1. The number of anilines is 1. The van der Waals surface area contributed by atoms with Crippen LogP contribution < -0.4 is 14.4 Å². The first-order valence-electron chi connectivity index (χ1n) is 19.4. The van der Waals surface area contributed by atoms with Crippen molar-refractivity contribution in [2.45, 2.75) is 74.7 Å². The molecule has 11 heteroatoms. The topological polar surface area (TPSA) is 94.6 Å². The molecular weight excluding hydrogens is 696 g/mol. The van der Waals surface area contributed by atoms with Gasteiger partial charge in [-0.1, -0.05) is 36.7 Å². The van der Waals surface area contributed by atoms with Crippen LogP contribution in [0.2, 0.25) is 5.02 Å². The summed E-state index contributed by atoms with van der Waals surface area (Å²) in [6.07, 6.45) is 9.77. The number of ether oxygens (including phenoxy) is 2. The molecule has 2 bridgehead atoms. The van der Waals surface area contributed by atoms with Crippen LogP contribution in [0.1, 0.15) is 67.4 Å². The van der Waals surface area contributed by atoms with Gasteiger partial charge in [0.1, 0.15) is 5.75 Å². The molecule has 3 fully saturated rings. The summed E-state index contributed by atoms with van der Waals surface area (Å²) in [6.45, 7) is 11.8. The van der Waals surface area contributed by atoms with Crippen molar-refractivity contribution in [3.8, 4) is 5.75 Å². The molecule has 8 rings (SSSR count). The van der Waals surface area contributed by atoms with E-state index in [-0.39, 0.29) is 34.3 Å². The number of carbonyl (C=O) groups excluding carboxylic acids is 1. The average molecular weight is 751 g/mol. The minimum atomic E-state index is -2.98. The third-order valence-corrected chi connectivity index (χ3v) is 15.8. The SMILES string of the molecule is C=S1(=O)NC(=O)c2ccc3c(c2)N(C[C@@H]2CC[C@H]2[C@](O)(CN2CCN4CCOC[C@@H]4C2)/C=C/C[C@H](C)[C@H]1C)C[C@@]1(CCCc2cc(Cl)ccc21)CO3. The average Bonchev–Trinajstić information content (AvgIpc) is 3.25. The second kappa shape index (κ2) is 14.2. The largest absolute Gasteiger partial charge is 0.490 e. The number of halogens is 1. The first-order chi connectivity index (χ1) is 24.9. The van der Waals surface area contributed by atoms with Crippen LogP contribution in [0.5, 0.6) is 5.75 Å². The maximum atomic E-state index is 14.0. The molecule has 0 aromatic heterocycles. The van der Waals surface area contributed by atoms with Crippen molar-refractivity contribution in [1.82, 2.24) is 14.5 Å². The molecule has 9 nitrogen and oxygen atoms in total. The molecule has 4 heterocycles. The fraction of sp³-hybridized carbons (Fsp3) is 0.610. The highest BCUT2D eigenvalue weighted by molar-refractivity contribution is 7.99. The van der Waals surface area contributed by atoms with Crippen molar-refractivity contribution >= 4 is 38.8 Å². The zero-order valence-electron chi connectivity index (χ0n) is 30.7. The van der Waals surface area contributed by atoms with Gasteiger partial charge in [0.15, 0.2) is 0 Å². The molecule has 2 aliphatic carbocycles. The van der Waals surface area contributed by atoms with Crippen LogP contribution in [0.25, 0.3) is 0 Å². The molecule has 2 aromatic rings. The van der Waals surface area contributed by atoms with Gasteiger partial charge in [0, 0.05) is 73.1 Å². The molecule has 2 saturated heterocycles. The lowest BCUT2D eigenvalue weighted by molar-refractivity contribution is -0.0902. The van der Waals surface area contributed by atoms with Gasteiger partial charge in [0.2, 0.25) is 0 Å². The lowest BCUT2D eigenvalue weighted by atomic mass is 9.63. The number of carbonyl (C=O) groups is 1. The number of aryl methyl sites for hydroxylation is 1. The predicted octanol–water partition coefficient (Wildman–Crippen LogP) is 4.93. The van der Waals surface area contributed by atoms with E-state index >= 15 is 0 Å². The lowest BCUT2D eigenvalue weighted by Gasteiger charge is -2.51. The van der Waals surface area contributed by atoms with E-state index in [0.29, 0.717) is 31.2 Å². The zero-order valence-corrected chi connectivity index (χ0v) is 32.3. The Hall–Kier alpha value is -2.60. The summed E-state index contributed by atoms with van der Waals surface area (Å²) in [4.78, 5) is 21.2. The van der Waals surface area contributed by atoms with Gasteiger partial charge in [-0.3, -0.25) is 19.3 Å². The van der Waals surface area contributed by atoms with Gasteiger partial charge >= 0.3 is 0 Å².